The largest absolute Gasteiger partial charge is 0.497 e. The molecule has 0 saturated carbocycles. The van der Waals surface area contributed by atoms with Gasteiger partial charge in [0, 0.05) is 31.9 Å². The van der Waals surface area contributed by atoms with Gasteiger partial charge in [-0.05, 0) is 55.2 Å². The van der Waals surface area contributed by atoms with Crippen molar-refractivity contribution in [1.29, 1.82) is 0 Å². The summed E-state index contributed by atoms with van der Waals surface area (Å²) >= 11 is 0. The molecule has 1 fully saturated rings. The maximum absolute atomic E-state index is 12.3. The van der Waals surface area contributed by atoms with Gasteiger partial charge in [-0.3, -0.25) is 9.69 Å². The van der Waals surface area contributed by atoms with Crippen LogP contribution < -0.4 is 15.0 Å². The number of rotatable bonds is 5. The molecule has 0 unspecified atom stereocenters. The quantitative estimate of drug-likeness (QED) is 0.868. The number of ether oxygens (including phenoxy) is 1. The highest BCUT2D eigenvalue weighted by atomic mass is 16.5. The minimum atomic E-state index is 0.00550. The summed E-state index contributed by atoms with van der Waals surface area (Å²) in [5.41, 5.74) is 3.29. The van der Waals surface area contributed by atoms with Crippen LogP contribution in [0.25, 0.3) is 0 Å². The van der Waals surface area contributed by atoms with E-state index in [-0.39, 0.29) is 5.91 Å². The first-order valence-electron chi connectivity index (χ1n) is 9.48. The topological polar surface area (TPSA) is 70.6 Å². The molecular weight excluding hydrogens is 342 g/mol. The summed E-state index contributed by atoms with van der Waals surface area (Å²) < 4.78 is 5.13. The van der Waals surface area contributed by atoms with E-state index in [0.717, 1.165) is 62.0 Å². The van der Waals surface area contributed by atoms with Crippen LogP contribution in [0.5, 0.6) is 5.75 Å². The molecule has 1 aromatic carbocycles. The van der Waals surface area contributed by atoms with Gasteiger partial charge in [-0.15, -0.1) is 5.10 Å². The number of hydrogen-bond acceptors (Lipinski definition) is 6. The number of hydrogen-bond donors (Lipinski definition) is 1. The average Bonchev–Trinajstić information content (AvgIpc) is 3.17. The number of nitrogens with zero attached hydrogens (tertiary/aromatic N) is 4. The number of nitrogens with one attached hydrogen (secondary N) is 1. The van der Waals surface area contributed by atoms with Crippen molar-refractivity contribution in [2.45, 2.75) is 19.3 Å². The molecule has 142 valence electrons. The van der Waals surface area contributed by atoms with Gasteiger partial charge in [0.05, 0.1) is 19.3 Å². The molecule has 2 heterocycles. The number of aromatic nitrogens is 2. The molecular formula is C20H25N5O2. The van der Waals surface area contributed by atoms with Crippen LogP contribution in [0.2, 0.25) is 0 Å². The van der Waals surface area contributed by atoms with E-state index in [1.165, 1.54) is 12.0 Å². The van der Waals surface area contributed by atoms with Gasteiger partial charge in [0.15, 0.2) is 5.82 Å². The molecule has 0 spiro atoms. The minimum Gasteiger partial charge on any atom is -0.497 e. The van der Waals surface area contributed by atoms with Crippen molar-refractivity contribution in [3.05, 3.63) is 41.6 Å². The molecule has 0 bridgehead atoms. The van der Waals surface area contributed by atoms with Crippen molar-refractivity contribution in [3.8, 4) is 5.75 Å². The Balaban J connectivity index is 1.27. The second-order valence-corrected chi connectivity index (χ2v) is 7.07. The molecule has 2 aliphatic rings. The van der Waals surface area contributed by atoms with E-state index in [0.29, 0.717) is 6.54 Å². The molecule has 2 aromatic rings. The number of aryl methyl sites for hydroxylation is 2. The van der Waals surface area contributed by atoms with Crippen LogP contribution >= 0.6 is 0 Å². The van der Waals surface area contributed by atoms with Crippen molar-refractivity contribution >= 4 is 17.4 Å². The molecule has 27 heavy (non-hydrogen) atoms. The van der Waals surface area contributed by atoms with E-state index >= 15 is 0 Å². The fourth-order valence-electron chi connectivity index (χ4n) is 3.68. The Kier molecular flexibility index (Phi) is 5.20. The first-order chi connectivity index (χ1) is 13.2. The van der Waals surface area contributed by atoms with Gasteiger partial charge in [0.25, 0.3) is 0 Å². The van der Waals surface area contributed by atoms with Crippen molar-refractivity contribution in [2.75, 3.05) is 50.1 Å². The predicted octanol–water partition coefficient (Wildman–Crippen LogP) is 1.73. The Hall–Kier alpha value is -2.67. The maximum atomic E-state index is 12.3. The summed E-state index contributed by atoms with van der Waals surface area (Å²) in [6.07, 6.45) is 3.35. The van der Waals surface area contributed by atoms with Crippen LogP contribution in [0.15, 0.2) is 30.3 Å². The van der Waals surface area contributed by atoms with E-state index < -0.39 is 0 Å². The highest BCUT2D eigenvalue weighted by Crippen LogP contribution is 2.23. The van der Waals surface area contributed by atoms with E-state index in [2.05, 4.69) is 31.4 Å². The Bertz CT molecular complexity index is 801. The van der Waals surface area contributed by atoms with Crippen molar-refractivity contribution in [1.82, 2.24) is 15.1 Å². The summed E-state index contributed by atoms with van der Waals surface area (Å²) in [4.78, 5) is 16.7. The molecule has 7 nitrogen and oxygen atoms in total. The summed E-state index contributed by atoms with van der Waals surface area (Å²) in [7, 11) is 1.63. The summed E-state index contributed by atoms with van der Waals surface area (Å²) in [5.74, 6) is 1.75. The Morgan fingerprint density at radius 1 is 1.11 bits per heavy atom. The van der Waals surface area contributed by atoms with Crippen molar-refractivity contribution in [3.63, 3.8) is 0 Å². The molecule has 0 radical (unpaired) electrons. The van der Waals surface area contributed by atoms with Crippen LogP contribution in [0.4, 0.5) is 11.5 Å². The number of benzene rings is 1. The Morgan fingerprint density at radius 3 is 2.63 bits per heavy atom. The standard InChI is InChI=1S/C20H25N5O2/c1-27-17-7-5-16(6-8-17)21-20(26)14-24-9-11-25(12-10-24)19-13-15-3-2-4-18(15)22-23-19/h5-8,13H,2-4,9-12,14H2,1H3,(H,21,26). The highest BCUT2D eigenvalue weighted by Gasteiger charge is 2.22. The first-order valence-corrected chi connectivity index (χ1v) is 9.48. The summed E-state index contributed by atoms with van der Waals surface area (Å²) in [6.45, 7) is 3.81. The van der Waals surface area contributed by atoms with Crippen LogP contribution in [0, 0.1) is 0 Å². The molecule has 7 heteroatoms. The minimum absolute atomic E-state index is 0.00550. The average molecular weight is 367 g/mol. The van der Waals surface area contributed by atoms with E-state index in [1.54, 1.807) is 7.11 Å². The fourth-order valence-corrected chi connectivity index (χ4v) is 3.68. The molecule has 1 aliphatic carbocycles. The smallest absolute Gasteiger partial charge is 0.238 e. The number of fused-ring (bicyclic) bond motifs is 1. The lowest BCUT2D eigenvalue weighted by molar-refractivity contribution is -0.117. The van der Waals surface area contributed by atoms with Crippen molar-refractivity contribution < 1.29 is 9.53 Å². The number of methoxy groups -OCH3 is 1. The van der Waals surface area contributed by atoms with Gasteiger partial charge in [-0.1, -0.05) is 0 Å². The molecule has 1 aliphatic heterocycles. The zero-order valence-electron chi connectivity index (χ0n) is 15.6. The zero-order chi connectivity index (χ0) is 18.6. The zero-order valence-corrected chi connectivity index (χ0v) is 15.6. The lowest BCUT2D eigenvalue weighted by Gasteiger charge is -2.34. The van der Waals surface area contributed by atoms with Crippen molar-refractivity contribution in [2.24, 2.45) is 0 Å². The third-order valence-corrected chi connectivity index (χ3v) is 5.24. The second kappa shape index (κ2) is 7.92. The first kappa shape index (κ1) is 17.7. The van der Waals surface area contributed by atoms with Crippen LogP contribution in [0.3, 0.4) is 0 Å². The lowest BCUT2D eigenvalue weighted by Crippen LogP contribution is -2.49. The second-order valence-electron chi connectivity index (χ2n) is 7.07. The van der Waals surface area contributed by atoms with Gasteiger partial charge in [0.1, 0.15) is 5.75 Å². The van der Waals surface area contributed by atoms with Gasteiger partial charge in [-0.25, -0.2) is 0 Å². The van der Waals surface area contributed by atoms with Crippen LogP contribution in [-0.2, 0) is 17.6 Å². The highest BCUT2D eigenvalue weighted by molar-refractivity contribution is 5.92. The molecule has 4 rings (SSSR count). The number of piperazine rings is 1. The van der Waals surface area contributed by atoms with Gasteiger partial charge >= 0.3 is 0 Å². The lowest BCUT2D eigenvalue weighted by atomic mass is 10.2. The van der Waals surface area contributed by atoms with Gasteiger partial charge in [0.2, 0.25) is 5.91 Å². The van der Waals surface area contributed by atoms with E-state index in [4.69, 9.17) is 4.74 Å². The number of carbonyl (C=O) groups excluding carboxylic acids is 1. The Labute approximate surface area is 159 Å². The molecule has 0 atom stereocenters. The number of anilines is 2. The molecule has 1 N–H and O–H groups in total. The summed E-state index contributed by atoms with van der Waals surface area (Å²) in [5, 5.41) is 11.7. The van der Waals surface area contributed by atoms with Crippen LogP contribution in [-0.4, -0.2) is 60.8 Å². The van der Waals surface area contributed by atoms with Crippen LogP contribution in [0.1, 0.15) is 17.7 Å². The SMILES string of the molecule is COc1ccc(NC(=O)CN2CCN(c3cc4c(nn3)CCC4)CC2)cc1. The number of carbonyl (C=O) groups is 1. The normalized spacial score (nSPS) is 16.9. The fraction of sp³-hybridized carbons (Fsp3) is 0.450. The van der Waals surface area contributed by atoms with Gasteiger partial charge in [-0.2, -0.15) is 5.10 Å². The molecule has 1 aromatic heterocycles. The van der Waals surface area contributed by atoms with Gasteiger partial charge < -0.3 is 15.0 Å². The monoisotopic (exact) mass is 367 g/mol. The third-order valence-electron chi connectivity index (χ3n) is 5.24. The number of amides is 1. The third kappa shape index (κ3) is 4.19. The maximum Gasteiger partial charge on any atom is 0.238 e. The van der Waals surface area contributed by atoms with E-state index in [9.17, 15) is 4.79 Å². The summed E-state index contributed by atoms with van der Waals surface area (Å²) in [6, 6.07) is 9.57. The molecule has 1 amide bonds. The Morgan fingerprint density at radius 2 is 1.89 bits per heavy atom. The molecule has 1 saturated heterocycles. The predicted molar refractivity (Wildman–Crippen MR) is 104 cm³/mol. The van der Waals surface area contributed by atoms with E-state index in [1.807, 2.05) is 24.3 Å².